The molecule has 1 N–H and O–H groups in total. The second kappa shape index (κ2) is 5.72. The van der Waals surface area contributed by atoms with Crippen LogP contribution in [0.1, 0.15) is 10.4 Å². The maximum Gasteiger partial charge on any atom is 0.337 e. The zero-order valence-electron chi connectivity index (χ0n) is 11.9. The van der Waals surface area contributed by atoms with Crippen molar-refractivity contribution in [2.45, 2.75) is 0 Å². The number of hydrogen-bond acceptors (Lipinski definition) is 6. The topological polar surface area (TPSA) is 81.9 Å². The van der Waals surface area contributed by atoms with Gasteiger partial charge in [0.25, 0.3) is 0 Å². The lowest BCUT2D eigenvalue weighted by Gasteiger charge is -2.08. The number of fused-ring (bicyclic) bond motifs is 1. The van der Waals surface area contributed by atoms with Crippen LogP contribution in [0.4, 0.5) is 11.5 Å². The molecule has 0 atom stereocenters. The van der Waals surface area contributed by atoms with Crippen LogP contribution in [0.15, 0.2) is 35.2 Å². The van der Waals surface area contributed by atoms with E-state index in [0.717, 1.165) is 11.1 Å². The third-order valence-corrected chi connectivity index (χ3v) is 3.68. The second-order valence-corrected chi connectivity index (χ2v) is 5.28. The maximum absolute atomic E-state index is 11.6. The van der Waals surface area contributed by atoms with Gasteiger partial charge >= 0.3 is 5.97 Å². The number of halogens is 1. The lowest BCUT2D eigenvalue weighted by molar-refractivity contribution is 0.0601. The lowest BCUT2D eigenvalue weighted by atomic mass is 10.2. The number of ether oxygens (including phenoxy) is 1. The van der Waals surface area contributed by atoms with Crippen LogP contribution < -0.4 is 5.32 Å². The van der Waals surface area contributed by atoms with E-state index < -0.39 is 0 Å². The Hall–Kier alpha value is -2.48. The maximum atomic E-state index is 11.6. The van der Waals surface area contributed by atoms with Gasteiger partial charge in [-0.1, -0.05) is 6.07 Å². The van der Waals surface area contributed by atoms with E-state index in [-0.39, 0.29) is 5.97 Å². The first kappa shape index (κ1) is 14.5. The SMILES string of the molecule is COC(=O)c1cccc(Nc2ncnc3c2c(Br)nn3C)c1. The third kappa shape index (κ3) is 2.52. The molecule has 3 aromatic rings. The molecule has 0 unspecified atom stereocenters. The van der Waals surface area contributed by atoms with Gasteiger partial charge in [0.05, 0.1) is 18.1 Å². The van der Waals surface area contributed by atoms with Gasteiger partial charge in [0.1, 0.15) is 16.7 Å². The minimum absolute atomic E-state index is 0.390. The Morgan fingerprint density at radius 1 is 1.36 bits per heavy atom. The molecule has 7 nitrogen and oxygen atoms in total. The molecule has 0 bridgehead atoms. The smallest absolute Gasteiger partial charge is 0.337 e. The molecule has 8 heteroatoms. The first-order valence-corrected chi connectivity index (χ1v) is 7.18. The molecule has 0 radical (unpaired) electrons. The summed E-state index contributed by atoms with van der Waals surface area (Å²) in [5.41, 5.74) is 1.88. The molecule has 112 valence electrons. The molecule has 0 saturated heterocycles. The van der Waals surface area contributed by atoms with E-state index in [2.05, 4.69) is 36.3 Å². The first-order valence-electron chi connectivity index (χ1n) is 6.38. The highest BCUT2D eigenvalue weighted by Crippen LogP contribution is 2.29. The summed E-state index contributed by atoms with van der Waals surface area (Å²) in [7, 11) is 3.16. The monoisotopic (exact) mass is 361 g/mol. The van der Waals surface area contributed by atoms with Crippen molar-refractivity contribution < 1.29 is 9.53 Å². The van der Waals surface area contributed by atoms with Crippen LogP contribution in [0.25, 0.3) is 11.0 Å². The number of nitrogens with zero attached hydrogens (tertiary/aromatic N) is 4. The Labute approximate surface area is 134 Å². The number of carbonyl (C=O) groups is 1. The average Bonchev–Trinajstić information content (AvgIpc) is 2.82. The fourth-order valence-electron chi connectivity index (χ4n) is 2.11. The van der Waals surface area contributed by atoms with Gasteiger partial charge in [-0.05, 0) is 34.1 Å². The second-order valence-electron chi connectivity index (χ2n) is 4.53. The van der Waals surface area contributed by atoms with E-state index >= 15 is 0 Å². The van der Waals surface area contributed by atoms with E-state index in [1.807, 2.05) is 13.1 Å². The van der Waals surface area contributed by atoms with Gasteiger partial charge in [-0.2, -0.15) is 5.10 Å². The minimum Gasteiger partial charge on any atom is -0.465 e. The quantitative estimate of drug-likeness (QED) is 0.722. The molecule has 1 aromatic carbocycles. The Kier molecular flexibility index (Phi) is 3.76. The van der Waals surface area contributed by atoms with Crippen LogP contribution in [-0.4, -0.2) is 32.8 Å². The molecule has 0 saturated carbocycles. The summed E-state index contributed by atoms with van der Waals surface area (Å²) in [5.74, 6) is 0.214. The summed E-state index contributed by atoms with van der Waals surface area (Å²) >= 11 is 3.40. The van der Waals surface area contributed by atoms with Crippen molar-refractivity contribution in [3.63, 3.8) is 0 Å². The van der Waals surface area contributed by atoms with Gasteiger partial charge in [-0.25, -0.2) is 19.4 Å². The predicted octanol–water partition coefficient (Wildman–Crippen LogP) is 2.66. The van der Waals surface area contributed by atoms with Crippen molar-refractivity contribution >= 4 is 44.4 Å². The van der Waals surface area contributed by atoms with Crippen LogP contribution in [0.2, 0.25) is 0 Å². The first-order chi connectivity index (χ1) is 10.6. The third-order valence-electron chi connectivity index (χ3n) is 3.12. The summed E-state index contributed by atoms with van der Waals surface area (Å²) in [6, 6.07) is 6.99. The fourth-order valence-corrected chi connectivity index (χ4v) is 2.72. The van der Waals surface area contributed by atoms with Crippen molar-refractivity contribution in [3.8, 4) is 0 Å². The molecule has 0 amide bonds. The highest BCUT2D eigenvalue weighted by atomic mass is 79.9. The van der Waals surface area contributed by atoms with E-state index in [1.165, 1.54) is 13.4 Å². The molecule has 0 fully saturated rings. The van der Waals surface area contributed by atoms with Crippen molar-refractivity contribution in [2.24, 2.45) is 7.05 Å². The standard InChI is InChI=1S/C14H12BrN5O2/c1-20-13-10(11(15)19-20)12(16-7-17-13)18-9-5-3-4-8(6-9)14(21)22-2/h3-7H,1-2H3,(H,16,17,18). The number of esters is 1. The summed E-state index contributed by atoms with van der Waals surface area (Å²) in [5, 5.41) is 8.22. The zero-order valence-corrected chi connectivity index (χ0v) is 13.5. The van der Waals surface area contributed by atoms with Crippen molar-refractivity contribution in [3.05, 3.63) is 40.8 Å². The van der Waals surface area contributed by atoms with Crippen molar-refractivity contribution in [1.29, 1.82) is 0 Å². The zero-order chi connectivity index (χ0) is 15.7. The van der Waals surface area contributed by atoms with Crippen molar-refractivity contribution in [1.82, 2.24) is 19.7 Å². The number of methoxy groups -OCH3 is 1. The van der Waals surface area contributed by atoms with Crippen LogP contribution in [0.3, 0.4) is 0 Å². The molecule has 0 aliphatic carbocycles. The average molecular weight is 362 g/mol. The summed E-state index contributed by atoms with van der Waals surface area (Å²) in [6.45, 7) is 0. The van der Waals surface area contributed by atoms with Crippen LogP contribution in [0.5, 0.6) is 0 Å². The number of rotatable bonds is 3. The highest BCUT2D eigenvalue weighted by molar-refractivity contribution is 9.10. The van der Waals surface area contributed by atoms with Gasteiger partial charge in [-0.15, -0.1) is 0 Å². The van der Waals surface area contributed by atoms with Crippen LogP contribution in [0, 0.1) is 0 Å². The van der Waals surface area contributed by atoms with Gasteiger partial charge in [0.2, 0.25) is 0 Å². The summed E-state index contributed by atoms with van der Waals surface area (Å²) in [6.07, 6.45) is 1.46. The van der Waals surface area contributed by atoms with Crippen molar-refractivity contribution in [2.75, 3.05) is 12.4 Å². The largest absolute Gasteiger partial charge is 0.465 e. The van der Waals surface area contributed by atoms with E-state index in [4.69, 9.17) is 4.74 Å². The number of aryl methyl sites for hydroxylation is 1. The molecule has 0 spiro atoms. The van der Waals surface area contributed by atoms with E-state index in [9.17, 15) is 4.79 Å². The lowest BCUT2D eigenvalue weighted by Crippen LogP contribution is -2.02. The molecular weight excluding hydrogens is 350 g/mol. The number of nitrogens with one attached hydrogen (secondary N) is 1. The Morgan fingerprint density at radius 2 is 2.18 bits per heavy atom. The Morgan fingerprint density at radius 3 is 2.95 bits per heavy atom. The summed E-state index contributed by atoms with van der Waals surface area (Å²) in [4.78, 5) is 20.0. The van der Waals surface area contributed by atoms with Gasteiger partial charge in [0, 0.05) is 12.7 Å². The molecule has 2 aromatic heterocycles. The number of anilines is 2. The summed E-state index contributed by atoms with van der Waals surface area (Å²) < 4.78 is 7.04. The van der Waals surface area contributed by atoms with E-state index in [1.54, 1.807) is 22.9 Å². The number of aromatic nitrogens is 4. The molecule has 2 heterocycles. The van der Waals surface area contributed by atoms with Gasteiger partial charge < -0.3 is 10.1 Å². The van der Waals surface area contributed by atoms with Crippen LogP contribution >= 0.6 is 15.9 Å². The normalized spacial score (nSPS) is 10.7. The minimum atomic E-state index is -0.390. The number of hydrogen-bond donors (Lipinski definition) is 1. The van der Waals surface area contributed by atoms with Crippen LogP contribution in [-0.2, 0) is 11.8 Å². The Bertz CT molecular complexity index is 862. The number of benzene rings is 1. The highest BCUT2D eigenvalue weighted by Gasteiger charge is 2.14. The molecule has 0 aliphatic rings. The van der Waals surface area contributed by atoms with Gasteiger partial charge in [-0.3, -0.25) is 0 Å². The fraction of sp³-hybridized carbons (Fsp3) is 0.143. The number of carbonyl (C=O) groups excluding carboxylic acids is 1. The Balaban J connectivity index is 2.02. The predicted molar refractivity (Wildman–Crippen MR) is 85.1 cm³/mol. The molecular formula is C14H12BrN5O2. The molecule has 0 aliphatic heterocycles. The molecule has 22 heavy (non-hydrogen) atoms. The van der Waals surface area contributed by atoms with Gasteiger partial charge in [0.15, 0.2) is 5.65 Å². The molecule has 3 rings (SSSR count). The van der Waals surface area contributed by atoms with E-state index in [0.29, 0.717) is 21.6 Å².